The van der Waals surface area contributed by atoms with Gasteiger partial charge in [0.05, 0.1) is 18.1 Å². The maximum Gasteiger partial charge on any atom is 0.244 e. The number of ether oxygens (including phenoxy) is 1. The molecule has 1 aromatic heterocycles. The number of sulfonamides is 1. The van der Waals surface area contributed by atoms with Gasteiger partial charge in [0, 0.05) is 29.9 Å². The number of nitrogen functional groups attached to an aromatic ring is 1. The molecule has 1 saturated heterocycles. The normalized spacial score (nSPS) is 15.7. The Bertz CT molecular complexity index is 870. The van der Waals surface area contributed by atoms with Gasteiger partial charge in [-0.15, -0.1) is 5.10 Å². The van der Waals surface area contributed by atoms with Crippen molar-refractivity contribution in [2.45, 2.75) is 41.0 Å². The molecule has 1 aliphatic heterocycles. The summed E-state index contributed by atoms with van der Waals surface area (Å²) < 4.78 is 33.8. The van der Waals surface area contributed by atoms with Gasteiger partial charge >= 0.3 is 0 Å². The fourth-order valence-corrected chi connectivity index (χ4v) is 5.99. The summed E-state index contributed by atoms with van der Waals surface area (Å²) >= 11 is 1.28. The Morgan fingerprint density at radius 1 is 1.30 bits per heavy atom. The molecule has 0 unspecified atom stereocenters. The first-order valence-corrected chi connectivity index (χ1v) is 11.2. The molecule has 0 atom stereocenters. The third-order valence-corrected chi connectivity index (χ3v) is 7.43. The molecule has 27 heavy (non-hydrogen) atoms. The van der Waals surface area contributed by atoms with Crippen LogP contribution in [0.5, 0.6) is 0 Å². The van der Waals surface area contributed by atoms with Gasteiger partial charge in [-0.2, -0.15) is 9.40 Å². The van der Waals surface area contributed by atoms with Crippen molar-refractivity contribution < 1.29 is 13.2 Å². The Kier molecular flexibility index (Phi) is 6.69. The molecule has 1 aromatic carbocycles. The molecule has 0 aliphatic carbocycles. The predicted octanol–water partition coefficient (Wildman–Crippen LogP) is 2.57. The Balaban J connectivity index is 2.09. The minimum absolute atomic E-state index is 0.336. The zero-order valence-electron chi connectivity index (χ0n) is 15.3. The Morgan fingerprint density at radius 3 is 2.74 bits per heavy atom. The average molecular weight is 409 g/mol. The first-order valence-electron chi connectivity index (χ1n) is 8.98. The average Bonchev–Trinajstić information content (AvgIpc) is 2.67. The molecule has 2 heterocycles. The smallest absolute Gasteiger partial charge is 0.244 e. The van der Waals surface area contributed by atoms with E-state index in [4.69, 9.17) is 10.5 Å². The lowest BCUT2D eigenvalue weighted by molar-refractivity contribution is 0.0729. The lowest BCUT2D eigenvalue weighted by Gasteiger charge is -2.28. The molecule has 9 heteroatoms. The van der Waals surface area contributed by atoms with Crippen molar-refractivity contribution in [2.75, 3.05) is 32.0 Å². The summed E-state index contributed by atoms with van der Waals surface area (Å²) in [6.45, 7) is 3.61. The number of hydrogen-bond acceptors (Lipinski definition) is 7. The monoisotopic (exact) mass is 408 g/mol. The number of anilines is 1. The minimum Gasteiger partial charge on any atom is -0.399 e. The van der Waals surface area contributed by atoms with Crippen LogP contribution in [0, 0.1) is 0 Å². The standard InChI is InChI=1S/C18H24N4O3S2/c1-2-3-5-14-12-15(19)13-16(26-17-6-4-7-20-21-17)18(14)27(23,24)22-8-10-25-11-9-22/h4,6-7,12-13H,2-3,5,8-11,19H2,1H3. The quantitative estimate of drug-likeness (QED) is 0.703. The lowest BCUT2D eigenvalue weighted by Crippen LogP contribution is -2.41. The molecule has 1 fully saturated rings. The van der Waals surface area contributed by atoms with Crippen LogP contribution in [0.25, 0.3) is 0 Å². The fraction of sp³-hybridized carbons (Fsp3) is 0.444. The first-order chi connectivity index (χ1) is 13.0. The molecular weight excluding hydrogens is 384 g/mol. The van der Waals surface area contributed by atoms with E-state index in [1.807, 2.05) is 0 Å². The van der Waals surface area contributed by atoms with Crippen molar-refractivity contribution in [2.24, 2.45) is 0 Å². The van der Waals surface area contributed by atoms with Gasteiger partial charge in [0.25, 0.3) is 0 Å². The van der Waals surface area contributed by atoms with Crippen LogP contribution < -0.4 is 5.73 Å². The summed E-state index contributed by atoms with van der Waals surface area (Å²) in [5, 5.41) is 8.58. The molecule has 0 saturated carbocycles. The summed E-state index contributed by atoms with van der Waals surface area (Å²) in [4.78, 5) is 0.927. The lowest BCUT2D eigenvalue weighted by atomic mass is 10.1. The van der Waals surface area contributed by atoms with E-state index in [1.54, 1.807) is 30.5 Å². The second kappa shape index (κ2) is 9.01. The van der Waals surface area contributed by atoms with Gasteiger partial charge in [-0.25, -0.2) is 8.42 Å². The van der Waals surface area contributed by atoms with E-state index in [0.717, 1.165) is 18.4 Å². The van der Waals surface area contributed by atoms with Gasteiger partial charge < -0.3 is 10.5 Å². The van der Waals surface area contributed by atoms with Crippen LogP contribution in [0.3, 0.4) is 0 Å². The van der Waals surface area contributed by atoms with Crippen molar-refractivity contribution in [3.8, 4) is 0 Å². The second-order valence-corrected chi connectivity index (χ2v) is 9.23. The van der Waals surface area contributed by atoms with Crippen molar-refractivity contribution in [3.05, 3.63) is 36.0 Å². The number of nitrogens with zero attached hydrogens (tertiary/aromatic N) is 3. The summed E-state index contributed by atoms with van der Waals surface area (Å²) in [5.74, 6) is 0. The highest BCUT2D eigenvalue weighted by atomic mass is 32.2. The van der Waals surface area contributed by atoms with Crippen LogP contribution in [0.2, 0.25) is 0 Å². The highest BCUT2D eigenvalue weighted by Crippen LogP contribution is 2.37. The van der Waals surface area contributed by atoms with Gasteiger partial charge in [0.1, 0.15) is 5.03 Å². The Morgan fingerprint density at radius 2 is 2.07 bits per heavy atom. The minimum atomic E-state index is -3.66. The summed E-state index contributed by atoms with van der Waals surface area (Å²) in [5.41, 5.74) is 7.41. The highest BCUT2D eigenvalue weighted by molar-refractivity contribution is 8.00. The molecule has 7 nitrogen and oxygen atoms in total. The van der Waals surface area contributed by atoms with Crippen LogP contribution in [0.4, 0.5) is 5.69 Å². The number of aryl methyl sites for hydroxylation is 1. The molecular formula is C18H24N4O3S2. The molecule has 0 amide bonds. The zero-order valence-corrected chi connectivity index (χ0v) is 16.9. The largest absolute Gasteiger partial charge is 0.399 e. The van der Waals surface area contributed by atoms with E-state index < -0.39 is 10.0 Å². The molecule has 3 rings (SSSR count). The summed E-state index contributed by atoms with van der Waals surface area (Å²) in [6, 6.07) is 7.07. The van der Waals surface area contributed by atoms with Crippen molar-refractivity contribution in [1.29, 1.82) is 0 Å². The van der Waals surface area contributed by atoms with E-state index in [1.165, 1.54) is 16.1 Å². The van der Waals surface area contributed by atoms with E-state index in [-0.39, 0.29) is 0 Å². The third kappa shape index (κ3) is 4.78. The van der Waals surface area contributed by atoms with E-state index in [0.29, 0.717) is 53.2 Å². The van der Waals surface area contributed by atoms with Crippen molar-refractivity contribution >= 4 is 27.5 Å². The van der Waals surface area contributed by atoms with E-state index in [2.05, 4.69) is 17.1 Å². The van der Waals surface area contributed by atoms with Gasteiger partial charge in [0.15, 0.2) is 0 Å². The van der Waals surface area contributed by atoms with Gasteiger partial charge in [-0.1, -0.05) is 25.1 Å². The number of morpholine rings is 1. The van der Waals surface area contributed by atoms with Crippen molar-refractivity contribution in [1.82, 2.24) is 14.5 Å². The topological polar surface area (TPSA) is 98.4 Å². The summed E-state index contributed by atoms with van der Waals surface area (Å²) in [7, 11) is -3.66. The summed E-state index contributed by atoms with van der Waals surface area (Å²) in [6.07, 6.45) is 4.11. The Hall–Kier alpha value is -1.68. The number of aromatic nitrogens is 2. The molecule has 0 spiro atoms. The molecule has 2 aromatic rings. The SMILES string of the molecule is CCCCc1cc(N)cc(Sc2cccnn2)c1S(=O)(=O)N1CCOCC1. The molecule has 146 valence electrons. The maximum atomic E-state index is 13.5. The van der Waals surface area contributed by atoms with Crippen LogP contribution in [0.15, 0.2) is 45.3 Å². The fourth-order valence-electron chi connectivity index (χ4n) is 2.98. The van der Waals surface area contributed by atoms with Gasteiger partial charge in [-0.3, -0.25) is 0 Å². The number of benzene rings is 1. The number of rotatable bonds is 7. The van der Waals surface area contributed by atoms with Crippen molar-refractivity contribution in [3.63, 3.8) is 0 Å². The zero-order chi connectivity index (χ0) is 19.3. The molecule has 0 radical (unpaired) electrons. The number of unbranched alkanes of at least 4 members (excludes halogenated alkanes) is 1. The Labute approximate surface area is 164 Å². The number of hydrogen-bond donors (Lipinski definition) is 1. The van der Waals surface area contributed by atoms with Gasteiger partial charge in [-0.05, 0) is 42.7 Å². The maximum absolute atomic E-state index is 13.5. The predicted molar refractivity (Wildman–Crippen MR) is 105 cm³/mol. The van der Waals surface area contributed by atoms with Crippen LogP contribution in [0.1, 0.15) is 25.3 Å². The third-order valence-electron chi connectivity index (χ3n) is 4.28. The van der Waals surface area contributed by atoms with Gasteiger partial charge in [0.2, 0.25) is 10.0 Å². The first kappa shape index (κ1) is 20.1. The van der Waals surface area contributed by atoms with Crippen LogP contribution in [-0.2, 0) is 21.2 Å². The van der Waals surface area contributed by atoms with Crippen LogP contribution in [-0.4, -0.2) is 49.2 Å². The second-order valence-electron chi connectivity index (χ2n) is 6.29. The molecule has 2 N–H and O–H groups in total. The van der Waals surface area contributed by atoms with E-state index in [9.17, 15) is 8.42 Å². The molecule has 0 bridgehead atoms. The number of nitrogens with two attached hydrogens (primary N) is 1. The molecule has 1 aliphatic rings. The van der Waals surface area contributed by atoms with E-state index >= 15 is 0 Å². The van der Waals surface area contributed by atoms with Crippen LogP contribution >= 0.6 is 11.8 Å². The highest BCUT2D eigenvalue weighted by Gasteiger charge is 2.31.